The zero-order valence-corrected chi connectivity index (χ0v) is 40.2. The number of imidazole rings is 1. The third-order valence-electron chi connectivity index (χ3n) is 11.7. The van der Waals surface area contributed by atoms with E-state index in [0.717, 1.165) is 76.3 Å². The van der Waals surface area contributed by atoms with E-state index in [1.807, 2.05) is 6.20 Å². The van der Waals surface area contributed by atoms with Crippen molar-refractivity contribution in [2.45, 2.75) is 105 Å². The number of hydrogen-bond donors (Lipinski definition) is 1. The fourth-order valence-electron chi connectivity index (χ4n) is 8.34. The number of benzene rings is 5. The third kappa shape index (κ3) is 8.28. The molecule has 0 aliphatic heterocycles. The minimum atomic E-state index is -1.02. The SMILES string of the molecule is CC(C)(C)c1cc(-c2cc(-c3ccccc3)ccn2)cc(-c2cccc3c2nc(-c2[te]c(C(C)(C)C)c(C(C)(C)C)c2O)n3-c2ccc(C(C)(C)C)cc2-c2ccccc2)c1. The molecule has 0 bridgehead atoms. The molecule has 310 valence electrons. The monoisotopic (exact) mass is 919 g/mol. The summed E-state index contributed by atoms with van der Waals surface area (Å²) in [6.45, 7) is 27.2. The van der Waals surface area contributed by atoms with Crippen molar-refractivity contribution in [1.82, 2.24) is 14.5 Å². The average molecular weight is 918 g/mol. The van der Waals surface area contributed by atoms with Crippen LogP contribution in [0.3, 0.4) is 0 Å². The molecule has 3 aromatic heterocycles. The first kappa shape index (κ1) is 42.5. The van der Waals surface area contributed by atoms with Crippen LogP contribution < -0.4 is 0 Å². The molecule has 0 radical (unpaired) electrons. The normalized spacial score (nSPS) is 12.7. The second kappa shape index (κ2) is 15.6. The Morgan fingerprint density at radius 3 is 1.75 bits per heavy atom. The van der Waals surface area contributed by atoms with Crippen molar-refractivity contribution in [2.75, 3.05) is 0 Å². The van der Waals surface area contributed by atoms with E-state index >= 15 is 0 Å². The third-order valence-corrected chi connectivity index (χ3v) is 16.2. The Bertz CT molecular complexity index is 2890. The second-order valence-corrected chi connectivity index (χ2v) is 23.5. The maximum absolute atomic E-state index is 12.6. The maximum atomic E-state index is 12.6. The molecule has 5 heteroatoms. The van der Waals surface area contributed by atoms with Crippen molar-refractivity contribution < 1.29 is 5.11 Å². The Hall–Kier alpha value is -5.21. The molecule has 5 aromatic carbocycles. The van der Waals surface area contributed by atoms with E-state index in [1.54, 1.807) is 0 Å². The molecule has 4 nitrogen and oxygen atoms in total. The van der Waals surface area contributed by atoms with Gasteiger partial charge in [0.05, 0.1) is 0 Å². The Kier molecular flexibility index (Phi) is 10.9. The van der Waals surface area contributed by atoms with Crippen molar-refractivity contribution in [2.24, 2.45) is 0 Å². The Morgan fingerprint density at radius 2 is 1.15 bits per heavy atom. The number of pyridine rings is 1. The number of nitrogens with zero attached hydrogens (tertiary/aromatic N) is 3. The van der Waals surface area contributed by atoms with Crippen molar-refractivity contribution in [3.63, 3.8) is 0 Å². The van der Waals surface area contributed by atoms with Gasteiger partial charge in [-0.15, -0.1) is 0 Å². The Morgan fingerprint density at radius 1 is 0.508 bits per heavy atom. The van der Waals surface area contributed by atoms with Gasteiger partial charge in [-0.1, -0.05) is 30.3 Å². The molecule has 0 fully saturated rings. The van der Waals surface area contributed by atoms with Crippen molar-refractivity contribution in [3.8, 4) is 65.5 Å². The molecule has 61 heavy (non-hydrogen) atoms. The number of hydrogen-bond acceptors (Lipinski definition) is 3. The fraction of sp³-hybridized carbons (Fsp3) is 0.286. The molecule has 0 spiro atoms. The molecule has 0 atom stereocenters. The van der Waals surface area contributed by atoms with Gasteiger partial charge in [0, 0.05) is 0 Å². The first-order valence-corrected chi connectivity index (χ1v) is 23.8. The summed E-state index contributed by atoms with van der Waals surface area (Å²) < 4.78 is 4.73. The molecule has 0 aliphatic carbocycles. The van der Waals surface area contributed by atoms with Gasteiger partial charge < -0.3 is 0 Å². The number of rotatable bonds is 6. The molecule has 0 saturated carbocycles. The van der Waals surface area contributed by atoms with E-state index in [0.29, 0.717) is 5.75 Å². The predicted octanol–water partition coefficient (Wildman–Crippen LogP) is 14.7. The van der Waals surface area contributed by atoms with Crippen molar-refractivity contribution in [3.05, 3.63) is 154 Å². The molecule has 0 unspecified atom stereocenters. The van der Waals surface area contributed by atoms with Gasteiger partial charge in [0.1, 0.15) is 0 Å². The molecular formula is C56H59N3OTe. The van der Waals surface area contributed by atoms with Crippen LogP contribution in [0.5, 0.6) is 5.75 Å². The predicted molar refractivity (Wildman–Crippen MR) is 259 cm³/mol. The summed E-state index contributed by atoms with van der Waals surface area (Å²) in [6, 6.07) is 45.9. The summed E-state index contributed by atoms with van der Waals surface area (Å²) in [5, 5.41) is 12.6. The number of para-hydroxylation sites is 1. The van der Waals surface area contributed by atoms with Gasteiger partial charge in [-0.3, -0.25) is 0 Å². The van der Waals surface area contributed by atoms with Gasteiger partial charge in [-0.25, -0.2) is 0 Å². The van der Waals surface area contributed by atoms with Crippen LogP contribution in [-0.2, 0) is 21.7 Å². The number of aromatic nitrogens is 3. The van der Waals surface area contributed by atoms with Crippen LogP contribution in [0, 0.1) is 0 Å². The Balaban J connectivity index is 1.45. The summed E-state index contributed by atoms with van der Waals surface area (Å²) in [6.07, 6.45) is 1.92. The number of fused-ring (bicyclic) bond motifs is 1. The zero-order chi connectivity index (χ0) is 43.6. The average Bonchev–Trinajstić information content (AvgIpc) is 3.79. The van der Waals surface area contributed by atoms with Gasteiger partial charge in [-0.2, -0.15) is 0 Å². The quantitative estimate of drug-likeness (QED) is 0.169. The molecule has 0 amide bonds. The summed E-state index contributed by atoms with van der Waals surface area (Å²) in [4.78, 5) is 10.7. The van der Waals surface area contributed by atoms with E-state index in [1.165, 1.54) is 14.7 Å². The van der Waals surface area contributed by atoms with Crippen LogP contribution >= 0.6 is 0 Å². The molecule has 0 saturated heterocycles. The molecule has 1 N–H and O–H groups in total. The van der Waals surface area contributed by atoms with Crippen LogP contribution in [0.2, 0.25) is 0 Å². The standard InChI is InChI=1S/C56H59N3OTe/c1-53(2,3)40-26-27-45(43(34-40)36-22-17-14-18-23-36)59-46-25-19-24-42(48(46)58-52(59)50-49(60)47(55(7,8)9)51(61-50)56(10,11)12)38-30-39(32-41(31-38)54(4,5)6)44-33-37(28-29-57-44)35-20-15-13-16-21-35/h13-34,60H,1-12H3. The van der Waals surface area contributed by atoms with Crippen LogP contribution in [-0.4, -0.2) is 40.1 Å². The molecule has 8 rings (SSSR count). The molecular weight excluding hydrogens is 858 g/mol. The zero-order valence-electron chi connectivity index (χ0n) is 37.9. The minimum absolute atomic E-state index is 0.0494. The molecule has 8 aromatic rings. The van der Waals surface area contributed by atoms with E-state index < -0.39 is 20.4 Å². The van der Waals surface area contributed by atoms with E-state index in [-0.39, 0.29) is 21.7 Å². The van der Waals surface area contributed by atoms with Crippen molar-refractivity contribution in [1.29, 1.82) is 0 Å². The summed E-state index contributed by atoms with van der Waals surface area (Å²) in [5.74, 6) is 1.24. The van der Waals surface area contributed by atoms with Gasteiger partial charge in [-0.05, 0) is 0 Å². The second-order valence-electron chi connectivity index (χ2n) is 20.6. The van der Waals surface area contributed by atoms with Crippen LogP contribution in [0.4, 0.5) is 0 Å². The number of aromatic hydroxyl groups is 1. The summed E-state index contributed by atoms with van der Waals surface area (Å²) >= 11 is -1.02. The van der Waals surface area contributed by atoms with Gasteiger partial charge >= 0.3 is 345 Å². The van der Waals surface area contributed by atoms with E-state index in [9.17, 15) is 5.11 Å². The Labute approximate surface area is 373 Å². The van der Waals surface area contributed by atoms with Gasteiger partial charge in [0.15, 0.2) is 0 Å². The summed E-state index contributed by atoms with van der Waals surface area (Å²) in [5.41, 5.74) is 14.8. The van der Waals surface area contributed by atoms with Crippen molar-refractivity contribution >= 4 is 31.5 Å². The van der Waals surface area contributed by atoms with E-state index in [4.69, 9.17) is 9.97 Å². The van der Waals surface area contributed by atoms with Gasteiger partial charge in [0.25, 0.3) is 0 Å². The molecule has 0 aliphatic rings. The first-order valence-electron chi connectivity index (χ1n) is 21.5. The molecule has 3 heterocycles. The van der Waals surface area contributed by atoms with Gasteiger partial charge in [0.2, 0.25) is 0 Å². The van der Waals surface area contributed by atoms with Crippen LogP contribution in [0.15, 0.2) is 134 Å². The summed E-state index contributed by atoms with van der Waals surface area (Å²) in [7, 11) is 0. The topological polar surface area (TPSA) is 50.9 Å². The van der Waals surface area contributed by atoms with E-state index in [2.05, 4.69) is 215 Å². The van der Waals surface area contributed by atoms with Crippen LogP contribution in [0.25, 0.3) is 70.8 Å². The fourth-order valence-corrected chi connectivity index (χ4v) is 12.5. The first-order chi connectivity index (χ1) is 28.7. The van der Waals surface area contributed by atoms with Crippen LogP contribution in [0.1, 0.15) is 103 Å².